The molecule has 2 rings (SSSR count). The Morgan fingerprint density at radius 2 is 1.57 bits per heavy atom. The molecule has 0 aliphatic carbocycles. The topological polar surface area (TPSA) is 116 Å². The number of para-hydroxylation sites is 1. The first-order valence-corrected chi connectivity index (χ1v) is 9.06. The largest absolute Gasteiger partial charge is 0.345 e. The van der Waals surface area contributed by atoms with E-state index in [1.165, 1.54) is 0 Å². The molecular weight excluding hydrogens is 364 g/mol. The number of nitrogens with one attached hydrogen (secondary N) is 2. The lowest BCUT2D eigenvalue weighted by molar-refractivity contribution is -0.144. The van der Waals surface area contributed by atoms with Gasteiger partial charge in [0.25, 0.3) is 0 Å². The van der Waals surface area contributed by atoms with Crippen molar-refractivity contribution in [2.24, 2.45) is 0 Å². The van der Waals surface area contributed by atoms with Crippen molar-refractivity contribution in [2.75, 3.05) is 25.0 Å². The van der Waals surface area contributed by atoms with Crippen molar-refractivity contribution in [3.63, 3.8) is 0 Å². The number of benzene rings is 1. The van der Waals surface area contributed by atoms with Gasteiger partial charge in [0.15, 0.2) is 0 Å². The number of rotatable bonds is 8. The highest BCUT2D eigenvalue weighted by Gasteiger charge is 2.44. The number of imide groups is 2. The maximum atomic E-state index is 12.2. The molecule has 0 saturated carbocycles. The quantitative estimate of drug-likeness (QED) is 0.508. The molecule has 1 heterocycles. The van der Waals surface area contributed by atoms with Crippen molar-refractivity contribution >= 4 is 35.3 Å². The standard InChI is InChI=1S/C19H24N4O5/c1-4-5-9-22-17(26)18(27)23(19(22)28)11-15(25)20-10-14(24)21-16-12(2)7-6-8-13(16)3/h6-8H,4-5,9-11H2,1-3H3,(H,20,25)(H,21,24). The molecule has 2 N–H and O–H groups in total. The fourth-order valence-corrected chi connectivity index (χ4v) is 2.78. The minimum atomic E-state index is -1.03. The molecule has 1 aliphatic heterocycles. The van der Waals surface area contributed by atoms with Gasteiger partial charge in [0.05, 0.1) is 6.54 Å². The second-order valence-electron chi connectivity index (χ2n) is 6.58. The third-order valence-corrected chi connectivity index (χ3v) is 4.36. The normalized spacial score (nSPS) is 13.9. The predicted octanol–water partition coefficient (Wildman–Crippen LogP) is 0.949. The van der Waals surface area contributed by atoms with Gasteiger partial charge < -0.3 is 10.6 Å². The van der Waals surface area contributed by atoms with Crippen molar-refractivity contribution in [2.45, 2.75) is 33.6 Å². The predicted molar refractivity (Wildman–Crippen MR) is 101 cm³/mol. The third kappa shape index (κ3) is 4.73. The van der Waals surface area contributed by atoms with Crippen LogP contribution in [-0.2, 0) is 19.2 Å². The molecule has 1 aromatic carbocycles. The van der Waals surface area contributed by atoms with Crippen LogP contribution in [0.25, 0.3) is 0 Å². The minimum absolute atomic E-state index is 0.135. The van der Waals surface area contributed by atoms with Gasteiger partial charge in [0, 0.05) is 12.2 Å². The summed E-state index contributed by atoms with van der Waals surface area (Å²) in [5.74, 6) is -3.11. The number of unbranched alkanes of at least 4 members (excludes halogenated alkanes) is 1. The number of nitrogens with zero attached hydrogens (tertiary/aromatic N) is 2. The number of urea groups is 1. The molecule has 0 spiro atoms. The van der Waals surface area contributed by atoms with Gasteiger partial charge >= 0.3 is 17.8 Å². The molecule has 1 aromatic rings. The Hall–Kier alpha value is -3.23. The molecule has 0 aromatic heterocycles. The molecule has 1 aliphatic rings. The maximum absolute atomic E-state index is 12.2. The summed E-state index contributed by atoms with van der Waals surface area (Å²) in [6.07, 6.45) is 1.32. The maximum Gasteiger partial charge on any atom is 0.334 e. The van der Waals surface area contributed by atoms with E-state index >= 15 is 0 Å². The Balaban J connectivity index is 1.88. The molecule has 28 heavy (non-hydrogen) atoms. The van der Waals surface area contributed by atoms with Crippen molar-refractivity contribution in [3.8, 4) is 0 Å². The number of hydrogen-bond donors (Lipinski definition) is 2. The van der Waals surface area contributed by atoms with Crippen LogP contribution in [0, 0.1) is 13.8 Å². The number of aryl methyl sites for hydroxylation is 2. The Bertz CT molecular complexity index is 800. The zero-order chi connectivity index (χ0) is 20.8. The van der Waals surface area contributed by atoms with E-state index in [4.69, 9.17) is 0 Å². The van der Waals surface area contributed by atoms with Crippen LogP contribution in [0.3, 0.4) is 0 Å². The van der Waals surface area contributed by atoms with Crippen LogP contribution in [0.1, 0.15) is 30.9 Å². The molecule has 6 amide bonds. The summed E-state index contributed by atoms with van der Waals surface area (Å²) < 4.78 is 0. The molecule has 9 nitrogen and oxygen atoms in total. The van der Waals surface area contributed by atoms with Crippen LogP contribution < -0.4 is 10.6 Å². The van der Waals surface area contributed by atoms with Crippen LogP contribution in [0.15, 0.2) is 18.2 Å². The van der Waals surface area contributed by atoms with Gasteiger partial charge in [-0.1, -0.05) is 31.5 Å². The molecule has 0 atom stereocenters. The van der Waals surface area contributed by atoms with Gasteiger partial charge in [-0.05, 0) is 31.4 Å². The summed E-state index contributed by atoms with van der Waals surface area (Å²) in [6, 6.07) is 4.77. The third-order valence-electron chi connectivity index (χ3n) is 4.36. The number of hydrogen-bond acceptors (Lipinski definition) is 5. The fourth-order valence-electron chi connectivity index (χ4n) is 2.78. The smallest absolute Gasteiger partial charge is 0.334 e. The molecule has 0 radical (unpaired) electrons. The lowest BCUT2D eigenvalue weighted by atomic mass is 10.1. The molecular formula is C19H24N4O5. The Morgan fingerprint density at radius 3 is 2.18 bits per heavy atom. The van der Waals surface area contributed by atoms with E-state index in [9.17, 15) is 24.0 Å². The Kier molecular flexibility index (Phi) is 6.86. The highest BCUT2D eigenvalue weighted by Crippen LogP contribution is 2.19. The van der Waals surface area contributed by atoms with Crippen LogP contribution in [0.5, 0.6) is 0 Å². The second-order valence-corrected chi connectivity index (χ2v) is 6.58. The summed E-state index contributed by atoms with van der Waals surface area (Å²) in [6.45, 7) is 4.80. The summed E-state index contributed by atoms with van der Waals surface area (Å²) in [4.78, 5) is 61.5. The number of amides is 6. The first-order chi connectivity index (χ1) is 13.3. The van der Waals surface area contributed by atoms with Crippen molar-refractivity contribution in [3.05, 3.63) is 29.3 Å². The number of carbonyl (C=O) groups is 5. The summed E-state index contributed by atoms with van der Waals surface area (Å²) in [5, 5.41) is 5.07. The van der Waals surface area contributed by atoms with Crippen LogP contribution in [-0.4, -0.2) is 59.1 Å². The van der Waals surface area contributed by atoms with Crippen LogP contribution in [0.4, 0.5) is 10.5 Å². The molecule has 1 saturated heterocycles. The van der Waals surface area contributed by atoms with E-state index in [2.05, 4.69) is 10.6 Å². The average Bonchev–Trinajstić information content (AvgIpc) is 2.85. The minimum Gasteiger partial charge on any atom is -0.345 e. The Morgan fingerprint density at radius 1 is 0.964 bits per heavy atom. The summed E-state index contributed by atoms with van der Waals surface area (Å²) in [5.41, 5.74) is 2.45. The van der Waals surface area contributed by atoms with Crippen molar-refractivity contribution in [1.29, 1.82) is 0 Å². The molecule has 9 heteroatoms. The lowest BCUT2D eigenvalue weighted by Gasteiger charge is -2.15. The monoisotopic (exact) mass is 388 g/mol. The average molecular weight is 388 g/mol. The van der Waals surface area contributed by atoms with E-state index in [0.717, 1.165) is 22.4 Å². The fraction of sp³-hybridized carbons (Fsp3) is 0.421. The van der Waals surface area contributed by atoms with Gasteiger partial charge in [0.1, 0.15) is 6.54 Å². The highest BCUT2D eigenvalue weighted by molar-refractivity contribution is 6.45. The zero-order valence-electron chi connectivity index (χ0n) is 16.2. The van der Waals surface area contributed by atoms with Crippen molar-refractivity contribution in [1.82, 2.24) is 15.1 Å². The second kappa shape index (κ2) is 9.12. The van der Waals surface area contributed by atoms with E-state index in [-0.39, 0.29) is 13.1 Å². The first kappa shape index (κ1) is 21.1. The molecule has 1 fully saturated rings. The molecule has 150 valence electrons. The van der Waals surface area contributed by atoms with Gasteiger partial charge in [0.2, 0.25) is 11.8 Å². The first-order valence-electron chi connectivity index (χ1n) is 9.06. The lowest BCUT2D eigenvalue weighted by Crippen LogP contribution is -2.43. The number of carbonyl (C=O) groups excluding carboxylic acids is 5. The number of anilines is 1. The van der Waals surface area contributed by atoms with E-state index in [1.54, 1.807) is 0 Å². The van der Waals surface area contributed by atoms with Gasteiger partial charge in [-0.2, -0.15) is 0 Å². The molecule has 0 unspecified atom stereocenters. The van der Waals surface area contributed by atoms with Crippen LogP contribution >= 0.6 is 0 Å². The Labute approximate surface area is 163 Å². The van der Waals surface area contributed by atoms with Gasteiger partial charge in [-0.25, -0.2) is 9.69 Å². The van der Waals surface area contributed by atoms with Gasteiger partial charge in [-0.3, -0.25) is 24.1 Å². The SMILES string of the molecule is CCCCN1C(=O)C(=O)N(CC(=O)NCC(=O)Nc2c(C)cccc2C)C1=O. The summed E-state index contributed by atoms with van der Waals surface area (Å²) in [7, 11) is 0. The highest BCUT2D eigenvalue weighted by atomic mass is 16.2. The van der Waals surface area contributed by atoms with Crippen LogP contribution in [0.2, 0.25) is 0 Å². The van der Waals surface area contributed by atoms with Gasteiger partial charge in [-0.15, -0.1) is 0 Å². The van der Waals surface area contributed by atoms with E-state index < -0.39 is 36.2 Å². The van der Waals surface area contributed by atoms with E-state index in [1.807, 2.05) is 39.0 Å². The van der Waals surface area contributed by atoms with Crippen molar-refractivity contribution < 1.29 is 24.0 Å². The van der Waals surface area contributed by atoms with E-state index in [0.29, 0.717) is 17.0 Å². The molecule has 0 bridgehead atoms. The zero-order valence-corrected chi connectivity index (χ0v) is 16.2. The summed E-state index contributed by atoms with van der Waals surface area (Å²) >= 11 is 0.